The number of hydrogen-bond donors (Lipinski definition) is 0. The van der Waals surface area contributed by atoms with Gasteiger partial charge in [-0.25, -0.2) is 4.98 Å². The third-order valence-electron chi connectivity index (χ3n) is 5.64. The SMILES string of the molecule is CC[C@@H]1CCCCN1C(=O)Cn1cnc2sc(C)c(-c3ccccc3)c2c1=O. The first-order chi connectivity index (χ1) is 13.6. The summed E-state index contributed by atoms with van der Waals surface area (Å²) in [5.41, 5.74) is 1.81. The zero-order valence-corrected chi connectivity index (χ0v) is 17.2. The maximum absolute atomic E-state index is 13.3. The van der Waals surface area contributed by atoms with E-state index in [2.05, 4.69) is 11.9 Å². The zero-order valence-electron chi connectivity index (χ0n) is 16.4. The second-order valence-electron chi connectivity index (χ2n) is 7.40. The van der Waals surface area contributed by atoms with Gasteiger partial charge in [-0.1, -0.05) is 37.3 Å². The van der Waals surface area contributed by atoms with Gasteiger partial charge in [0.25, 0.3) is 5.56 Å². The number of benzene rings is 1. The largest absolute Gasteiger partial charge is 0.338 e. The predicted molar refractivity (Wildman–Crippen MR) is 114 cm³/mol. The van der Waals surface area contributed by atoms with Crippen LogP contribution in [0.15, 0.2) is 41.5 Å². The van der Waals surface area contributed by atoms with Crippen LogP contribution in [0.3, 0.4) is 0 Å². The number of rotatable bonds is 4. The molecule has 1 atom stereocenters. The van der Waals surface area contributed by atoms with E-state index in [1.165, 1.54) is 28.7 Å². The lowest BCUT2D eigenvalue weighted by atomic mass is 10.00. The summed E-state index contributed by atoms with van der Waals surface area (Å²) >= 11 is 1.53. The Kier molecular flexibility index (Phi) is 5.31. The van der Waals surface area contributed by atoms with E-state index in [1.807, 2.05) is 42.2 Å². The molecule has 2 aromatic heterocycles. The van der Waals surface area contributed by atoms with Gasteiger partial charge in [-0.15, -0.1) is 11.3 Å². The summed E-state index contributed by atoms with van der Waals surface area (Å²) in [7, 11) is 0. The topological polar surface area (TPSA) is 55.2 Å². The van der Waals surface area contributed by atoms with Crippen molar-refractivity contribution in [3.8, 4) is 11.1 Å². The first-order valence-electron chi connectivity index (χ1n) is 9.93. The van der Waals surface area contributed by atoms with E-state index in [0.29, 0.717) is 5.39 Å². The predicted octanol–water partition coefficient (Wildman–Crippen LogP) is 4.22. The molecule has 0 bridgehead atoms. The fourth-order valence-corrected chi connectivity index (χ4v) is 5.20. The molecule has 1 aromatic carbocycles. The van der Waals surface area contributed by atoms with E-state index >= 15 is 0 Å². The molecule has 0 radical (unpaired) electrons. The summed E-state index contributed by atoms with van der Waals surface area (Å²) in [6.07, 6.45) is 5.74. The number of carbonyl (C=O) groups excluding carboxylic acids is 1. The third-order valence-corrected chi connectivity index (χ3v) is 6.65. The Labute approximate surface area is 168 Å². The van der Waals surface area contributed by atoms with Gasteiger partial charge in [-0.05, 0) is 38.2 Å². The van der Waals surface area contributed by atoms with Crippen LogP contribution >= 0.6 is 11.3 Å². The molecule has 4 rings (SSSR count). The van der Waals surface area contributed by atoms with Gasteiger partial charge in [-0.3, -0.25) is 14.2 Å². The highest BCUT2D eigenvalue weighted by Crippen LogP contribution is 2.35. The molecule has 5 nitrogen and oxygen atoms in total. The molecule has 0 saturated carbocycles. The van der Waals surface area contributed by atoms with Crippen LogP contribution in [0, 0.1) is 6.92 Å². The zero-order chi connectivity index (χ0) is 19.7. The number of amides is 1. The molecule has 3 aromatic rings. The number of carbonyl (C=O) groups is 1. The number of piperidine rings is 1. The first-order valence-corrected chi connectivity index (χ1v) is 10.7. The molecule has 0 N–H and O–H groups in total. The van der Waals surface area contributed by atoms with E-state index in [-0.39, 0.29) is 24.1 Å². The van der Waals surface area contributed by atoms with Crippen molar-refractivity contribution >= 4 is 27.5 Å². The summed E-state index contributed by atoms with van der Waals surface area (Å²) in [5, 5.41) is 0.620. The number of nitrogens with zero attached hydrogens (tertiary/aromatic N) is 3. The average Bonchev–Trinajstić information content (AvgIpc) is 3.07. The quantitative estimate of drug-likeness (QED) is 0.664. The Hall–Kier alpha value is -2.47. The van der Waals surface area contributed by atoms with E-state index in [0.717, 1.165) is 46.6 Å². The lowest BCUT2D eigenvalue weighted by Gasteiger charge is -2.35. The molecule has 1 aliphatic heterocycles. The molecule has 1 amide bonds. The van der Waals surface area contributed by atoms with E-state index < -0.39 is 0 Å². The van der Waals surface area contributed by atoms with Crippen molar-refractivity contribution in [3.63, 3.8) is 0 Å². The van der Waals surface area contributed by atoms with Crippen molar-refractivity contribution in [2.75, 3.05) is 6.54 Å². The molecule has 0 aliphatic carbocycles. The number of aryl methyl sites for hydroxylation is 1. The highest BCUT2D eigenvalue weighted by atomic mass is 32.1. The maximum Gasteiger partial charge on any atom is 0.263 e. The Bertz CT molecular complexity index is 1050. The summed E-state index contributed by atoms with van der Waals surface area (Å²) in [6, 6.07) is 10.2. The third kappa shape index (κ3) is 3.37. The van der Waals surface area contributed by atoms with Crippen LogP contribution in [-0.2, 0) is 11.3 Å². The van der Waals surface area contributed by atoms with Crippen LogP contribution in [0.5, 0.6) is 0 Å². The molecule has 0 unspecified atom stereocenters. The van der Waals surface area contributed by atoms with Gasteiger partial charge in [-0.2, -0.15) is 0 Å². The summed E-state index contributed by atoms with van der Waals surface area (Å²) < 4.78 is 1.48. The van der Waals surface area contributed by atoms with Crippen molar-refractivity contribution in [1.82, 2.24) is 14.5 Å². The monoisotopic (exact) mass is 395 g/mol. The molecule has 1 aliphatic rings. The van der Waals surface area contributed by atoms with Crippen LogP contribution in [0.2, 0.25) is 0 Å². The number of thiophene rings is 1. The molecule has 1 fully saturated rings. The standard InChI is InChI=1S/C22H25N3O2S/c1-3-17-11-7-8-12-25(17)18(26)13-24-14-23-21-20(22(24)27)19(15(2)28-21)16-9-5-4-6-10-16/h4-6,9-10,14,17H,3,7-8,11-13H2,1-2H3/t17-/m1/s1. The minimum Gasteiger partial charge on any atom is -0.338 e. The summed E-state index contributed by atoms with van der Waals surface area (Å²) in [4.78, 5) is 34.4. The average molecular weight is 396 g/mol. The van der Waals surface area contributed by atoms with E-state index in [1.54, 1.807) is 0 Å². The fraction of sp³-hybridized carbons (Fsp3) is 0.409. The number of aromatic nitrogens is 2. The molecule has 28 heavy (non-hydrogen) atoms. The molecule has 0 spiro atoms. The lowest BCUT2D eigenvalue weighted by molar-refractivity contribution is -0.135. The molecule has 3 heterocycles. The van der Waals surface area contributed by atoms with Crippen molar-refractivity contribution in [3.05, 3.63) is 51.9 Å². The summed E-state index contributed by atoms with van der Waals surface area (Å²) in [5.74, 6) is 0.0167. The van der Waals surface area contributed by atoms with Crippen molar-refractivity contribution in [1.29, 1.82) is 0 Å². The smallest absolute Gasteiger partial charge is 0.263 e. The van der Waals surface area contributed by atoms with Gasteiger partial charge in [0.2, 0.25) is 5.91 Å². The Morgan fingerprint density at radius 3 is 2.79 bits per heavy atom. The molecule has 1 saturated heterocycles. The Balaban J connectivity index is 1.72. The van der Waals surface area contributed by atoms with Crippen molar-refractivity contribution < 1.29 is 4.79 Å². The maximum atomic E-state index is 13.3. The minimum absolute atomic E-state index is 0.0167. The molecular weight excluding hydrogens is 370 g/mol. The Morgan fingerprint density at radius 1 is 1.25 bits per heavy atom. The van der Waals surface area contributed by atoms with Gasteiger partial charge in [0.05, 0.1) is 11.7 Å². The van der Waals surface area contributed by atoms with Gasteiger partial charge in [0.1, 0.15) is 11.4 Å². The summed E-state index contributed by atoms with van der Waals surface area (Å²) in [6.45, 7) is 4.98. The number of likely N-dealkylation sites (tertiary alicyclic amines) is 1. The van der Waals surface area contributed by atoms with Crippen LogP contribution in [-0.4, -0.2) is 32.9 Å². The van der Waals surface area contributed by atoms with Crippen LogP contribution in [0.1, 0.15) is 37.5 Å². The second-order valence-corrected chi connectivity index (χ2v) is 8.61. The van der Waals surface area contributed by atoms with E-state index in [9.17, 15) is 9.59 Å². The number of hydrogen-bond acceptors (Lipinski definition) is 4. The fourth-order valence-electron chi connectivity index (χ4n) is 4.19. The van der Waals surface area contributed by atoms with Gasteiger partial charge >= 0.3 is 0 Å². The first kappa shape index (κ1) is 18.9. The van der Waals surface area contributed by atoms with Gasteiger partial charge in [0, 0.05) is 23.0 Å². The molecule has 6 heteroatoms. The van der Waals surface area contributed by atoms with Crippen molar-refractivity contribution in [2.45, 2.75) is 52.1 Å². The van der Waals surface area contributed by atoms with Crippen molar-refractivity contribution in [2.24, 2.45) is 0 Å². The normalized spacial score (nSPS) is 17.2. The number of fused-ring (bicyclic) bond motifs is 1. The minimum atomic E-state index is -0.133. The highest BCUT2D eigenvalue weighted by Gasteiger charge is 2.26. The second kappa shape index (κ2) is 7.87. The van der Waals surface area contributed by atoms with Gasteiger partial charge in [0.15, 0.2) is 0 Å². The molecule has 146 valence electrons. The Morgan fingerprint density at radius 2 is 2.04 bits per heavy atom. The molecular formula is C22H25N3O2S. The lowest BCUT2D eigenvalue weighted by Crippen LogP contribution is -2.45. The van der Waals surface area contributed by atoms with Gasteiger partial charge < -0.3 is 4.90 Å². The van der Waals surface area contributed by atoms with Crippen LogP contribution < -0.4 is 5.56 Å². The van der Waals surface area contributed by atoms with E-state index in [4.69, 9.17) is 0 Å². The van der Waals surface area contributed by atoms with Crippen LogP contribution in [0.25, 0.3) is 21.3 Å². The van der Waals surface area contributed by atoms with Crippen LogP contribution in [0.4, 0.5) is 0 Å². The highest BCUT2D eigenvalue weighted by molar-refractivity contribution is 7.19.